The number of halogens is 3. The third-order valence-electron chi connectivity index (χ3n) is 4.75. The molecule has 2 aromatic heterocycles. The number of piperazine rings is 1. The van der Waals surface area contributed by atoms with Crippen molar-refractivity contribution in [2.24, 2.45) is 5.92 Å². The van der Waals surface area contributed by atoms with E-state index in [1.54, 1.807) is 12.3 Å². The predicted octanol–water partition coefficient (Wildman–Crippen LogP) is 2.15. The van der Waals surface area contributed by atoms with Crippen LogP contribution in [0.1, 0.15) is 24.6 Å². The molecule has 0 atom stereocenters. The average Bonchev–Trinajstić information content (AvgIpc) is 3.41. The number of carbonyl (C=O) groups excluding carboxylic acids is 1. The summed E-state index contributed by atoms with van der Waals surface area (Å²) in [6.07, 6.45) is -1.03. The second kappa shape index (κ2) is 7.38. The molecular formula is C17H19F3N6O2. The molecule has 11 heteroatoms. The Morgan fingerprint density at radius 1 is 1.18 bits per heavy atom. The van der Waals surface area contributed by atoms with Gasteiger partial charge in [0.2, 0.25) is 11.8 Å². The van der Waals surface area contributed by atoms with Gasteiger partial charge in [-0.15, -0.1) is 10.2 Å². The van der Waals surface area contributed by atoms with Crippen molar-refractivity contribution >= 4 is 17.4 Å². The summed E-state index contributed by atoms with van der Waals surface area (Å²) in [7, 11) is 0. The van der Waals surface area contributed by atoms with Crippen molar-refractivity contribution < 1.29 is 22.4 Å². The fourth-order valence-corrected chi connectivity index (χ4v) is 3.01. The fourth-order valence-electron chi connectivity index (χ4n) is 3.01. The van der Waals surface area contributed by atoms with Gasteiger partial charge in [0.25, 0.3) is 0 Å². The van der Waals surface area contributed by atoms with Crippen LogP contribution in [0.3, 0.4) is 0 Å². The molecule has 4 rings (SSSR count). The highest BCUT2D eigenvalue weighted by molar-refractivity contribution is 5.93. The number of alkyl halides is 3. The minimum Gasteiger partial charge on any atom is -0.416 e. The van der Waals surface area contributed by atoms with Gasteiger partial charge in [-0.05, 0) is 25.0 Å². The molecule has 0 bridgehead atoms. The van der Waals surface area contributed by atoms with E-state index in [-0.39, 0.29) is 24.3 Å². The summed E-state index contributed by atoms with van der Waals surface area (Å²) in [6, 6.07) is 3.68. The summed E-state index contributed by atoms with van der Waals surface area (Å²) in [4.78, 5) is 20.1. The molecule has 0 unspecified atom stereocenters. The number of hydrogen-bond donors (Lipinski definition) is 1. The average molecular weight is 396 g/mol. The van der Waals surface area contributed by atoms with Gasteiger partial charge >= 0.3 is 12.1 Å². The van der Waals surface area contributed by atoms with Crippen molar-refractivity contribution in [3.63, 3.8) is 0 Å². The van der Waals surface area contributed by atoms with Crippen molar-refractivity contribution in [2.45, 2.75) is 25.6 Å². The lowest BCUT2D eigenvalue weighted by atomic mass is 10.2. The van der Waals surface area contributed by atoms with Crippen molar-refractivity contribution in [1.82, 2.24) is 20.1 Å². The molecule has 0 spiro atoms. The summed E-state index contributed by atoms with van der Waals surface area (Å²) in [5.41, 5.74) is 0.932. The first-order chi connectivity index (χ1) is 13.4. The van der Waals surface area contributed by atoms with Crippen LogP contribution in [0.15, 0.2) is 22.7 Å². The smallest absolute Gasteiger partial charge is 0.416 e. The van der Waals surface area contributed by atoms with Crippen LogP contribution in [-0.4, -0.2) is 52.2 Å². The van der Waals surface area contributed by atoms with Gasteiger partial charge in [-0.25, -0.2) is 4.98 Å². The number of nitrogens with zero attached hydrogens (tertiary/aromatic N) is 5. The summed E-state index contributed by atoms with van der Waals surface area (Å²) in [6.45, 7) is 2.85. The monoisotopic (exact) mass is 396 g/mol. The van der Waals surface area contributed by atoms with E-state index >= 15 is 0 Å². The van der Waals surface area contributed by atoms with Gasteiger partial charge in [0.05, 0.1) is 18.4 Å². The molecular weight excluding hydrogens is 377 g/mol. The van der Waals surface area contributed by atoms with Crippen LogP contribution in [-0.2, 0) is 17.5 Å². The Kier molecular flexibility index (Phi) is 4.92. The first-order valence-corrected chi connectivity index (χ1v) is 9.02. The van der Waals surface area contributed by atoms with E-state index in [0.717, 1.165) is 18.5 Å². The Balaban J connectivity index is 1.27. The number of amides is 1. The topological polar surface area (TPSA) is 87.4 Å². The van der Waals surface area contributed by atoms with Gasteiger partial charge in [-0.1, -0.05) is 0 Å². The highest BCUT2D eigenvalue weighted by Gasteiger charge is 2.38. The largest absolute Gasteiger partial charge is 0.470 e. The molecule has 2 aliphatic rings. The summed E-state index contributed by atoms with van der Waals surface area (Å²) in [5.74, 6) is -0.681. The van der Waals surface area contributed by atoms with E-state index in [9.17, 15) is 18.0 Å². The zero-order valence-electron chi connectivity index (χ0n) is 14.9. The lowest BCUT2D eigenvalue weighted by Gasteiger charge is -2.35. The van der Waals surface area contributed by atoms with E-state index < -0.39 is 12.1 Å². The Bertz CT molecular complexity index is 826. The standard InChI is InChI=1S/C17H19F3N6O2/c18-17(19,20)16-24-23-14(28-16)10-25-5-7-26(8-6-25)12-3-4-13(21-9-12)22-15(27)11-1-2-11/h3-4,9,11H,1-2,5-8,10H2,(H,21,22,27). The molecule has 0 aromatic carbocycles. The van der Waals surface area contributed by atoms with Crippen LogP contribution in [0.2, 0.25) is 0 Å². The van der Waals surface area contributed by atoms with Crippen LogP contribution >= 0.6 is 0 Å². The van der Waals surface area contributed by atoms with Crippen LogP contribution in [0, 0.1) is 5.92 Å². The molecule has 1 saturated carbocycles. The second-order valence-electron chi connectivity index (χ2n) is 6.93. The van der Waals surface area contributed by atoms with E-state index in [2.05, 4.69) is 29.8 Å². The first-order valence-electron chi connectivity index (χ1n) is 9.02. The zero-order chi connectivity index (χ0) is 19.7. The molecule has 1 N–H and O–H groups in total. The van der Waals surface area contributed by atoms with Crippen LogP contribution in [0.4, 0.5) is 24.7 Å². The minimum atomic E-state index is -4.62. The van der Waals surface area contributed by atoms with Crippen molar-refractivity contribution in [3.8, 4) is 0 Å². The molecule has 3 heterocycles. The molecule has 1 aliphatic heterocycles. The Labute approximate surface area is 158 Å². The molecule has 1 aliphatic carbocycles. The van der Waals surface area contributed by atoms with Gasteiger partial charge in [-0.2, -0.15) is 13.2 Å². The number of carbonyl (C=O) groups is 1. The van der Waals surface area contributed by atoms with Crippen molar-refractivity contribution in [3.05, 3.63) is 30.1 Å². The summed E-state index contributed by atoms with van der Waals surface area (Å²) in [5, 5.41) is 9.31. The highest BCUT2D eigenvalue weighted by Crippen LogP contribution is 2.30. The molecule has 1 saturated heterocycles. The van der Waals surface area contributed by atoms with E-state index in [1.165, 1.54) is 0 Å². The maximum absolute atomic E-state index is 12.5. The number of nitrogens with one attached hydrogen (secondary N) is 1. The van der Waals surface area contributed by atoms with E-state index in [1.807, 2.05) is 11.0 Å². The molecule has 28 heavy (non-hydrogen) atoms. The predicted molar refractivity (Wildman–Crippen MR) is 92.4 cm³/mol. The highest BCUT2D eigenvalue weighted by atomic mass is 19.4. The van der Waals surface area contributed by atoms with Gasteiger partial charge in [-0.3, -0.25) is 9.69 Å². The lowest BCUT2D eigenvalue weighted by molar-refractivity contribution is -0.157. The third kappa shape index (κ3) is 4.41. The molecule has 0 radical (unpaired) electrons. The van der Waals surface area contributed by atoms with Crippen LogP contribution < -0.4 is 10.2 Å². The number of hydrogen-bond acceptors (Lipinski definition) is 7. The maximum atomic E-state index is 12.5. The number of aromatic nitrogens is 3. The van der Waals surface area contributed by atoms with Crippen molar-refractivity contribution in [2.75, 3.05) is 36.4 Å². The van der Waals surface area contributed by atoms with Crippen LogP contribution in [0.25, 0.3) is 0 Å². The maximum Gasteiger partial charge on any atom is 0.470 e. The normalized spacial score (nSPS) is 18.3. The number of rotatable bonds is 5. The van der Waals surface area contributed by atoms with E-state index in [4.69, 9.17) is 0 Å². The molecule has 1 amide bonds. The minimum absolute atomic E-state index is 0.0172. The molecule has 2 fully saturated rings. The van der Waals surface area contributed by atoms with Gasteiger partial charge in [0.1, 0.15) is 5.82 Å². The first kappa shape index (κ1) is 18.7. The molecule has 8 nitrogen and oxygen atoms in total. The Hall–Kier alpha value is -2.69. The molecule has 150 valence electrons. The molecule has 2 aromatic rings. The van der Waals surface area contributed by atoms with Crippen LogP contribution in [0.5, 0.6) is 0 Å². The second-order valence-corrected chi connectivity index (χ2v) is 6.93. The lowest BCUT2D eigenvalue weighted by Crippen LogP contribution is -2.46. The van der Waals surface area contributed by atoms with E-state index in [0.29, 0.717) is 32.0 Å². The Morgan fingerprint density at radius 2 is 1.93 bits per heavy atom. The quantitative estimate of drug-likeness (QED) is 0.829. The van der Waals surface area contributed by atoms with Gasteiger partial charge < -0.3 is 14.6 Å². The van der Waals surface area contributed by atoms with Crippen molar-refractivity contribution in [1.29, 1.82) is 0 Å². The summed E-state index contributed by atoms with van der Waals surface area (Å²) < 4.78 is 42.2. The summed E-state index contributed by atoms with van der Waals surface area (Å²) >= 11 is 0. The third-order valence-corrected chi connectivity index (χ3v) is 4.75. The van der Waals surface area contributed by atoms with Gasteiger partial charge in [0.15, 0.2) is 0 Å². The fraction of sp³-hybridized carbons (Fsp3) is 0.529. The zero-order valence-corrected chi connectivity index (χ0v) is 14.9. The number of anilines is 2. The Morgan fingerprint density at radius 3 is 2.50 bits per heavy atom. The van der Waals surface area contributed by atoms with Gasteiger partial charge in [0, 0.05) is 32.1 Å². The SMILES string of the molecule is O=C(Nc1ccc(N2CCN(Cc3nnc(C(F)(F)F)o3)CC2)cn1)C1CC1. The number of pyridine rings is 1.